The summed E-state index contributed by atoms with van der Waals surface area (Å²) in [5.74, 6) is 0.585. The van der Waals surface area contributed by atoms with Crippen molar-refractivity contribution < 1.29 is 9.13 Å². The van der Waals surface area contributed by atoms with E-state index in [9.17, 15) is 4.39 Å². The molecule has 0 heterocycles. The Morgan fingerprint density at radius 3 is 2.57 bits per heavy atom. The Morgan fingerprint density at radius 2 is 2.05 bits per heavy atom. The van der Waals surface area contributed by atoms with Crippen LogP contribution in [0.5, 0.6) is 0 Å². The maximum Gasteiger partial charge on any atom is 0.191 e. The number of rotatable bonds is 6. The third-order valence-electron chi connectivity index (χ3n) is 3.93. The van der Waals surface area contributed by atoms with Crippen LogP contribution in [0.3, 0.4) is 0 Å². The van der Waals surface area contributed by atoms with Crippen molar-refractivity contribution in [2.24, 2.45) is 4.99 Å². The molecule has 2 rings (SSSR count). The van der Waals surface area contributed by atoms with Crippen LogP contribution in [0.2, 0.25) is 0 Å². The van der Waals surface area contributed by atoms with Crippen LogP contribution in [-0.4, -0.2) is 39.3 Å². The molecule has 4 nitrogen and oxygen atoms in total. The maximum atomic E-state index is 13.0. The molecule has 0 radical (unpaired) electrons. The minimum atomic E-state index is -0.187. The van der Waals surface area contributed by atoms with Crippen molar-refractivity contribution in [3.8, 4) is 0 Å². The van der Waals surface area contributed by atoms with E-state index in [0.717, 1.165) is 25.3 Å². The van der Waals surface area contributed by atoms with E-state index in [1.54, 1.807) is 14.2 Å². The topological polar surface area (TPSA) is 45.7 Å². The zero-order chi connectivity index (χ0) is 15.3. The highest BCUT2D eigenvalue weighted by Crippen LogP contribution is 2.47. The Hall–Kier alpha value is -1.62. The summed E-state index contributed by atoms with van der Waals surface area (Å²) >= 11 is 0. The van der Waals surface area contributed by atoms with Crippen molar-refractivity contribution in [1.29, 1.82) is 0 Å². The Bertz CT molecular complexity index is 483. The SMILES string of the molecule is CN=C(NCC1(c2ccc(F)cc2)CC1)NC(C)COC. The van der Waals surface area contributed by atoms with Gasteiger partial charge in [-0.2, -0.15) is 0 Å². The lowest BCUT2D eigenvalue weighted by Gasteiger charge is -2.21. The lowest BCUT2D eigenvalue weighted by atomic mass is 9.96. The molecule has 1 aromatic carbocycles. The van der Waals surface area contributed by atoms with E-state index in [1.807, 2.05) is 19.1 Å². The Labute approximate surface area is 125 Å². The number of benzene rings is 1. The van der Waals surface area contributed by atoms with Crippen LogP contribution < -0.4 is 10.6 Å². The highest BCUT2D eigenvalue weighted by Gasteiger charge is 2.44. The molecule has 1 fully saturated rings. The van der Waals surface area contributed by atoms with Gasteiger partial charge < -0.3 is 15.4 Å². The molecule has 0 aromatic heterocycles. The van der Waals surface area contributed by atoms with Gasteiger partial charge in [0.2, 0.25) is 0 Å². The third kappa shape index (κ3) is 4.17. The smallest absolute Gasteiger partial charge is 0.191 e. The van der Waals surface area contributed by atoms with Gasteiger partial charge in [0.05, 0.1) is 6.61 Å². The minimum absolute atomic E-state index is 0.121. The number of ether oxygens (including phenoxy) is 1. The fourth-order valence-electron chi connectivity index (χ4n) is 2.49. The summed E-state index contributed by atoms with van der Waals surface area (Å²) in [6, 6.07) is 7.02. The van der Waals surface area contributed by atoms with Gasteiger partial charge in [-0.3, -0.25) is 4.99 Å². The average molecular weight is 293 g/mol. The molecule has 1 aromatic rings. The van der Waals surface area contributed by atoms with Crippen LogP contribution in [0.25, 0.3) is 0 Å². The normalized spacial score (nSPS) is 18.2. The number of nitrogens with zero attached hydrogens (tertiary/aromatic N) is 1. The highest BCUT2D eigenvalue weighted by molar-refractivity contribution is 5.80. The monoisotopic (exact) mass is 293 g/mol. The zero-order valence-electron chi connectivity index (χ0n) is 12.9. The second-order valence-corrected chi connectivity index (χ2v) is 5.71. The molecule has 1 aliphatic rings. The van der Waals surface area contributed by atoms with Crippen molar-refractivity contribution in [1.82, 2.24) is 10.6 Å². The van der Waals surface area contributed by atoms with Crippen molar-refractivity contribution in [3.63, 3.8) is 0 Å². The largest absolute Gasteiger partial charge is 0.383 e. The van der Waals surface area contributed by atoms with E-state index in [1.165, 1.54) is 17.7 Å². The fraction of sp³-hybridized carbons (Fsp3) is 0.562. The summed E-state index contributed by atoms with van der Waals surface area (Å²) < 4.78 is 18.1. The molecule has 0 saturated heterocycles. The van der Waals surface area contributed by atoms with Crippen LogP contribution in [-0.2, 0) is 10.2 Å². The molecular weight excluding hydrogens is 269 g/mol. The van der Waals surface area contributed by atoms with E-state index in [-0.39, 0.29) is 17.3 Å². The summed E-state index contributed by atoms with van der Waals surface area (Å²) in [6.45, 7) is 3.48. The number of aliphatic imine (C=N–C) groups is 1. The maximum absolute atomic E-state index is 13.0. The third-order valence-corrected chi connectivity index (χ3v) is 3.93. The number of halogens is 1. The first-order valence-corrected chi connectivity index (χ1v) is 7.32. The standard InChI is InChI=1S/C16H24FN3O/c1-12(10-21-3)20-15(18-2)19-11-16(8-9-16)13-4-6-14(17)7-5-13/h4-7,12H,8-11H2,1-3H3,(H2,18,19,20). The quantitative estimate of drug-likeness (QED) is 0.623. The molecular formula is C16H24FN3O. The summed E-state index contributed by atoms with van der Waals surface area (Å²) in [7, 11) is 3.44. The van der Waals surface area contributed by atoms with Gasteiger partial charge >= 0.3 is 0 Å². The second kappa shape index (κ2) is 6.89. The fourth-order valence-corrected chi connectivity index (χ4v) is 2.49. The van der Waals surface area contributed by atoms with Crippen molar-refractivity contribution >= 4 is 5.96 Å². The molecule has 0 aliphatic heterocycles. The molecule has 2 N–H and O–H groups in total. The summed E-state index contributed by atoms with van der Waals surface area (Å²) in [5.41, 5.74) is 1.31. The van der Waals surface area contributed by atoms with Gasteiger partial charge in [-0.25, -0.2) is 4.39 Å². The van der Waals surface area contributed by atoms with Gasteiger partial charge in [0, 0.05) is 32.2 Å². The Kier molecular flexibility index (Phi) is 5.17. The Morgan fingerprint density at radius 1 is 1.38 bits per heavy atom. The van der Waals surface area contributed by atoms with E-state index in [0.29, 0.717) is 6.61 Å². The zero-order valence-corrected chi connectivity index (χ0v) is 12.9. The van der Waals surface area contributed by atoms with Crippen LogP contribution in [0, 0.1) is 5.82 Å². The van der Waals surface area contributed by atoms with Crippen molar-refractivity contribution in [3.05, 3.63) is 35.6 Å². The molecule has 0 spiro atoms. The second-order valence-electron chi connectivity index (χ2n) is 5.71. The first kappa shape index (κ1) is 15.8. The molecule has 1 atom stereocenters. The van der Waals surface area contributed by atoms with Crippen molar-refractivity contribution in [2.75, 3.05) is 27.3 Å². The first-order valence-electron chi connectivity index (χ1n) is 7.32. The number of hydrogen-bond donors (Lipinski definition) is 2. The number of hydrogen-bond acceptors (Lipinski definition) is 2. The minimum Gasteiger partial charge on any atom is -0.383 e. The summed E-state index contributed by atoms with van der Waals surface area (Å²) in [5, 5.41) is 6.65. The number of methoxy groups -OCH3 is 1. The van der Waals surface area contributed by atoms with Crippen LogP contribution in [0.1, 0.15) is 25.3 Å². The van der Waals surface area contributed by atoms with E-state index >= 15 is 0 Å². The number of nitrogens with one attached hydrogen (secondary N) is 2. The Balaban J connectivity index is 1.90. The molecule has 1 saturated carbocycles. The lowest BCUT2D eigenvalue weighted by molar-refractivity contribution is 0.179. The van der Waals surface area contributed by atoms with Gasteiger partial charge in [0.15, 0.2) is 5.96 Å². The van der Waals surface area contributed by atoms with Crippen LogP contribution in [0.4, 0.5) is 4.39 Å². The molecule has 0 bridgehead atoms. The number of guanidine groups is 1. The predicted molar refractivity (Wildman–Crippen MR) is 83.1 cm³/mol. The molecule has 1 unspecified atom stereocenters. The van der Waals surface area contributed by atoms with E-state index < -0.39 is 0 Å². The average Bonchev–Trinajstić information content (AvgIpc) is 3.25. The van der Waals surface area contributed by atoms with Gasteiger partial charge in [0.1, 0.15) is 5.82 Å². The van der Waals surface area contributed by atoms with Crippen LogP contribution in [0.15, 0.2) is 29.3 Å². The molecule has 5 heteroatoms. The van der Waals surface area contributed by atoms with E-state index in [4.69, 9.17) is 4.74 Å². The summed E-state index contributed by atoms with van der Waals surface area (Å²) in [6.07, 6.45) is 2.24. The van der Waals surface area contributed by atoms with Gasteiger partial charge in [-0.1, -0.05) is 12.1 Å². The molecule has 116 valence electrons. The van der Waals surface area contributed by atoms with Crippen LogP contribution >= 0.6 is 0 Å². The molecule has 21 heavy (non-hydrogen) atoms. The van der Waals surface area contributed by atoms with E-state index in [2.05, 4.69) is 15.6 Å². The predicted octanol–water partition coefficient (Wildman–Crippen LogP) is 2.06. The van der Waals surface area contributed by atoms with Gasteiger partial charge in [0.25, 0.3) is 0 Å². The summed E-state index contributed by atoms with van der Waals surface area (Å²) in [4.78, 5) is 4.23. The lowest BCUT2D eigenvalue weighted by Crippen LogP contribution is -2.46. The molecule has 0 amide bonds. The van der Waals surface area contributed by atoms with Crippen molar-refractivity contribution in [2.45, 2.75) is 31.2 Å². The highest BCUT2D eigenvalue weighted by atomic mass is 19.1. The molecule has 1 aliphatic carbocycles. The van der Waals surface area contributed by atoms with Gasteiger partial charge in [-0.05, 0) is 37.5 Å². The first-order chi connectivity index (χ1) is 10.1. The van der Waals surface area contributed by atoms with Gasteiger partial charge in [-0.15, -0.1) is 0 Å².